The van der Waals surface area contributed by atoms with Crippen molar-refractivity contribution in [2.24, 2.45) is 0 Å². The fraction of sp³-hybridized carbons (Fsp3) is 0.391. The summed E-state index contributed by atoms with van der Waals surface area (Å²) in [5.74, 6) is 1.73. The van der Waals surface area contributed by atoms with E-state index in [1.807, 2.05) is 42.7 Å². The van der Waals surface area contributed by atoms with Crippen LogP contribution in [0.15, 0.2) is 48.9 Å². The Bertz CT molecular complexity index is 1060. The Morgan fingerprint density at radius 2 is 2.07 bits per heavy atom. The molecule has 0 spiro atoms. The first-order valence-electron chi connectivity index (χ1n) is 10.3. The van der Waals surface area contributed by atoms with Gasteiger partial charge in [0.1, 0.15) is 5.75 Å². The molecular formula is C23H29N3O2SSi. The number of hydrogen-bond donors (Lipinski definition) is 2. The molecule has 3 aromatic rings. The maximum absolute atomic E-state index is 13.2. The number of rotatable bonds is 5. The van der Waals surface area contributed by atoms with Gasteiger partial charge in [-0.15, -0.1) is 11.8 Å². The van der Waals surface area contributed by atoms with Gasteiger partial charge in [-0.25, -0.2) is 0 Å². The van der Waals surface area contributed by atoms with Gasteiger partial charge in [0, 0.05) is 46.9 Å². The second kappa shape index (κ2) is 7.87. The SMILES string of the molecule is CC(C)(C)[Si](C)(C)Oc1ccc2c(C(=O)C3CSC(c4cccnc4)N3)c[nH]c2c1. The van der Waals surface area contributed by atoms with Crippen molar-refractivity contribution in [2.75, 3.05) is 5.75 Å². The summed E-state index contributed by atoms with van der Waals surface area (Å²) in [4.78, 5) is 20.7. The van der Waals surface area contributed by atoms with E-state index in [4.69, 9.17) is 4.43 Å². The first kappa shape index (κ1) is 21.2. The number of benzene rings is 1. The van der Waals surface area contributed by atoms with Crippen molar-refractivity contribution in [3.8, 4) is 5.75 Å². The zero-order chi connectivity index (χ0) is 21.5. The van der Waals surface area contributed by atoms with Crippen LogP contribution in [0.4, 0.5) is 0 Å². The number of Topliss-reactive ketones (excluding diaryl/α,β-unsaturated/α-hetero) is 1. The summed E-state index contributed by atoms with van der Waals surface area (Å²) in [6, 6.07) is 9.77. The molecule has 2 N–H and O–H groups in total. The summed E-state index contributed by atoms with van der Waals surface area (Å²) in [5.41, 5.74) is 2.77. The van der Waals surface area contributed by atoms with Crippen LogP contribution in [0.1, 0.15) is 42.1 Å². The van der Waals surface area contributed by atoms with Crippen LogP contribution in [0.3, 0.4) is 0 Å². The summed E-state index contributed by atoms with van der Waals surface area (Å²) in [7, 11) is -1.91. The van der Waals surface area contributed by atoms with E-state index in [1.165, 1.54) is 0 Å². The molecule has 0 bridgehead atoms. The number of fused-ring (bicyclic) bond motifs is 1. The van der Waals surface area contributed by atoms with E-state index in [2.05, 4.69) is 49.1 Å². The highest BCUT2D eigenvalue weighted by Crippen LogP contribution is 2.38. The standard InChI is InChI=1S/C23H29N3O2SSi/c1-23(2,3)30(4,5)28-16-8-9-17-18(13-25-19(17)11-16)21(27)20-14-29-22(26-20)15-7-6-10-24-12-15/h6-13,20,22,25-26H,14H2,1-5H3. The summed E-state index contributed by atoms with van der Waals surface area (Å²) < 4.78 is 6.42. The molecule has 2 aromatic heterocycles. The van der Waals surface area contributed by atoms with Crippen LogP contribution < -0.4 is 9.74 Å². The van der Waals surface area contributed by atoms with Crippen LogP contribution >= 0.6 is 11.8 Å². The lowest BCUT2D eigenvalue weighted by Crippen LogP contribution is -2.43. The predicted octanol–water partition coefficient (Wildman–Crippen LogP) is 5.53. The van der Waals surface area contributed by atoms with Gasteiger partial charge in [-0.1, -0.05) is 26.8 Å². The van der Waals surface area contributed by atoms with Gasteiger partial charge in [0.15, 0.2) is 5.78 Å². The number of nitrogens with one attached hydrogen (secondary N) is 2. The van der Waals surface area contributed by atoms with E-state index in [9.17, 15) is 4.79 Å². The molecule has 2 unspecified atom stereocenters. The normalized spacial score (nSPS) is 19.9. The van der Waals surface area contributed by atoms with E-state index in [1.54, 1.807) is 18.0 Å². The maximum atomic E-state index is 13.2. The second-order valence-electron chi connectivity index (χ2n) is 9.36. The van der Waals surface area contributed by atoms with E-state index in [0.717, 1.165) is 33.5 Å². The molecule has 1 saturated heterocycles. The van der Waals surface area contributed by atoms with Gasteiger partial charge < -0.3 is 9.41 Å². The number of hydrogen-bond acceptors (Lipinski definition) is 5. The molecule has 1 aromatic carbocycles. The molecule has 2 atom stereocenters. The van der Waals surface area contributed by atoms with Gasteiger partial charge in [-0.2, -0.15) is 0 Å². The Labute approximate surface area is 183 Å². The zero-order valence-corrected chi connectivity index (χ0v) is 20.0. The third-order valence-corrected chi connectivity index (χ3v) is 11.8. The van der Waals surface area contributed by atoms with Gasteiger partial charge >= 0.3 is 0 Å². The Balaban J connectivity index is 1.52. The molecule has 7 heteroatoms. The Morgan fingerprint density at radius 3 is 2.77 bits per heavy atom. The quantitative estimate of drug-likeness (QED) is 0.404. The Hall–Kier alpha value is -2.09. The average molecular weight is 440 g/mol. The van der Waals surface area contributed by atoms with Crippen LogP contribution in [-0.4, -0.2) is 35.9 Å². The Morgan fingerprint density at radius 1 is 1.27 bits per heavy atom. The molecule has 158 valence electrons. The zero-order valence-electron chi connectivity index (χ0n) is 18.2. The second-order valence-corrected chi connectivity index (χ2v) is 15.2. The molecule has 1 aliphatic rings. The van der Waals surface area contributed by atoms with Crippen LogP contribution in [-0.2, 0) is 0 Å². The molecule has 30 heavy (non-hydrogen) atoms. The number of nitrogens with zero attached hydrogens (tertiary/aromatic N) is 1. The highest BCUT2D eigenvalue weighted by molar-refractivity contribution is 7.99. The van der Waals surface area contributed by atoms with Crippen molar-refractivity contribution in [2.45, 2.75) is 50.3 Å². The lowest BCUT2D eigenvalue weighted by atomic mass is 10.0. The first-order valence-corrected chi connectivity index (χ1v) is 14.2. The van der Waals surface area contributed by atoms with Crippen LogP contribution in [0.5, 0.6) is 5.75 Å². The number of carbonyl (C=O) groups excluding carboxylic acids is 1. The maximum Gasteiger partial charge on any atom is 0.250 e. The third kappa shape index (κ3) is 4.06. The van der Waals surface area contributed by atoms with Crippen molar-refractivity contribution in [1.29, 1.82) is 0 Å². The van der Waals surface area contributed by atoms with Crippen LogP contribution in [0.25, 0.3) is 10.9 Å². The van der Waals surface area contributed by atoms with E-state index in [-0.39, 0.29) is 22.2 Å². The van der Waals surface area contributed by atoms with Gasteiger partial charge in [0.25, 0.3) is 0 Å². The minimum absolute atomic E-state index is 0.0995. The third-order valence-electron chi connectivity index (χ3n) is 6.18. The van der Waals surface area contributed by atoms with Gasteiger partial charge in [0.2, 0.25) is 8.32 Å². The fourth-order valence-corrected chi connectivity index (χ4v) is 5.60. The first-order chi connectivity index (χ1) is 14.2. The molecule has 3 heterocycles. The van der Waals surface area contributed by atoms with Crippen molar-refractivity contribution in [3.63, 3.8) is 0 Å². The smallest absolute Gasteiger partial charge is 0.250 e. The van der Waals surface area contributed by atoms with Gasteiger partial charge in [-0.3, -0.25) is 15.1 Å². The molecule has 1 aliphatic heterocycles. The number of thioether (sulfide) groups is 1. The number of carbonyl (C=O) groups is 1. The largest absolute Gasteiger partial charge is 0.543 e. The minimum atomic E-state index is -1.91. The summed E-state index contributed by atoms with van der Waals surface area (Å²) in [6.45, 7) is 11.2. The molecule has 0 saturated carbocycles. The highest BCUT2D eigenvalue weighted by Gasteiger charge is 2.39. The van der Waals surface area contributed by atoms with E-state index in [0.29, 0.717) is 0 Å². The molecule has 4 rings (SSSR count). The number of pyridine rings is 1. The summed E-state index contributed by atoms with van der Waals surface area (Å²) in [5, 5.41) is 4.64. The van der Waals surface area contributed by atoms with Crippen LogP contribution in [0, 0.1) is 0 Å². The van der Waals surface area contributed by atoms with Crippen molar-refractivity contribution in [1.82, 2.24) is 15.3 Å². The van der Waals surface area contributed by atoms with Gasteiger partial charge in [-0.05, 0) is 41.9 Å². The lowest BCUT2D eigenvalue weighted by Gasteiger charge is -2.36. The fourth-order valence-electron chi connectivity index (χ4n) is 3.35. The molecular weight excluding hydrogens is 410 g/mol. The summed E-state index contributed by atoms with van der Waals surface area (Å²) in [6.07, 6.45) is 5.45. The summed E-state index contributed by atoms with van der Waals surface area (Å²) >= 11 is 1.75. The van der Waals surface area contributed by atoms with Crippen molar-refractivity contribution in [3.05, 3.63) is 60.0 Å². The van der Waals surface area contributed by atoms with E-state index < -0.39 is 8.32 Å². The number of ketones is 1. The highest BCUT2D eigenvalue weighted by atomic mass is 32.2. The molecule has 0 amide bonds. The number of H-pyrrole nitrogens is 1. The molecule has 1 fully saturated rings. The lowest BCUT2D eigenvalue weighted by molar-refractivity contribution is 0.0957. The topological polar surface area (TPSA) is 67.0 Å². The van der Waals surface area contributed by atoms with Gasteiger partial charge in [0.05, 0.1) is 11.4 Å². The average Bonchev–Trinajstić information content (AvgIpc) is 3.34. The molecule has 5 nitrogen and oxygen atoms in total. The molecule has 0 aliphatic carbocycles. The molecule has 0 radical (unpaired) electrons. The van der Waals surface area contributed by atoms with Crippen LogP contribution in [0.2, 0.25) is 18.1 Å². The number of aromatic nitrogens is 2. The van der Waals surface area contributed by atoms with Crippen molar-refractivity contribution >= 4 is 36.8 Å². The minimum Gasteiger partial charge on any atom is -0.543 e. The van der Waals surface area contributed by atoms with E-state index >= 15 is 0 Å². The van der Waals surface area contributed by atoms with Crippen molar-refractivity contribution < 1.29 is 9.22 Å². The predicted molar refractivity (Wildman–Crippen MR) is 127 cm³/mol. The number of aromatic amines is 1. The Kier molecular flexibility index (Phi) is 5.55. The monoisotopic (exact) mass is 439 g/mol.